The molecule has 6 aliphatic rings. The maximum absolute atomic E-state index is 13.5. The van der Waals surface area contributed by atoms with Crippen LogP contribution in [-0.4, -0.2) is 45.5 Å². The highest BCUT2D eigenvalue weighted by Crippen LogP contribution is 2.61. The lowest BCUT2D eigenvalue weighted by atomic mass is 9.49. The quantitative estimate of drug-likeness (QED) is 0.732. The number of likely N-dealkylation sites (tertiary alicyclic amines) is 1. The minimum atomic E-state index is 0.0258. The highest BCUT2D eigenvalue weighted by molar-refractivity contribution is 8.01. The molecule has 6 fully saturated rings. The topological polar surface area (TPSA) is 42.4 Å². The molecule has 1 atom stereocenters. The SMILES string of the molecule is Cc1nc(CO[C@H]2CSC3(C2)CN(C(=O)C24CC5CC(CC(C5)C2)C4)C3)cs1. The summed E-state index contributed by atoms with van der Waals surface area (Å²) in [6.07, 6.45) is 9.18. The monoisotopic (exact) mass is 418 g/mol. The van der Waals surface area contributed by atoms with Crippen LogP contribution in [0.15, 0.2) is 5.38 Å². The average Bonchev–Trinajstić information content (AvgIpc) is 3.23. The van der Waals surface area contributed by atoms with Gasteiger partial charge in [-0.1, -0.05) is 0 Å². The molecule has 6 heteroatoms. The van der Waals surface area contributed by atoms with E-state index in [0.717, 1.165) is 53.7 Å². The lowest BCUT2D eigenvalue weighted by molar-refractivity contribution is -0.163. The van der Waals surface area contributed by atoms with Crippen LogP contribution in [0.3, 0.4) is 0 Å². The van der Waals surface area contributed by atoms with Crippen molar-refractivity contribution in [2.24, 2.45) is 23.2 Å². The van der Waals surface area contributed by atoms with E-state index in [4.69, 9.17) is 4.74 Å². The number of carbonyl (C=O) groups is 1. The van der Waals surface area contributed by atoms with Crippen LogP contribution < -0.4 is 0 Å². The fraction of sp³-hybridized carbons (Fsp3) is 0.818. The zero-order valence-electron chi connectivity index (χ0n) is 16.7. The van der Waals surface area contributed by atoms with E-state index in [9.17, 15) is 4.79 Å². The van der Waals surface area contributed by atoms with E-state index in [-0.39, 0.29) is 10.2 Å². The van der Waals surface area contributed by atoms with Crippen molar-refractivity contribution in [2.45, 2.75) is 69.3 Å². The third-order valence-corrected chi connectivity index (χ3v) is 10.4. The summed E-state index contributed by atoms with van der Waals surface area (Å²) in [6, 6.07) is 0. The van der Waals surface area contributed by atoms with Crippen LogP contribution in [0, 0.1) is 30.1 Å². The molecular weight excluding hydrogens is 388 g/mol. The molecule has 0 unspecified atom stereocenters. The Morgan fingerprint density at radius 3 is 2.46 bits per heavy atom. The first-order chi connectivity index (χ1) is 13.5. The van der Waals surface area contributed by atoms with Gasteiger partial charge in [0, 0.05) is 24.2 Å². The van der Waals surface area contributed by atoms with Crippen molar-refractivity contribution in [1.29, 1.82) is 0 Å². The largest absolute Gasteiger partial charge is 0.371 e. The minimum absolute atomic E-state index is 0.0258. The lowest BCUT2D eigenvalue weighted by Crippen LogP contribution is -2.65. The van der Waals surface area contributed by atoms with Crippen molar-refractivity contribution in [3.05, 3.63) is 16.1 Å². The summed E-state index contributed by atoms with van der Waals surface area (Å²) in [5.41, 5.74) is 1.08. The third kappa shape index (κ3) is 2.97. The molecule has 4 bridgehead atoms. The molecule has 152 valence electrons. The van der Waals surface area contributed by atoms with Crippen molar-refractivity contribution in [3.8, 4) is 0 Å². The predicted molar refractivity (Wildman–Crippen MR) is 112 cm³/mol. The van der Waals surface area contributed by atoms with E-state index in [1.54, 1.807) is 11.3 Å². The van der Waals surface area contributed by atoms with Crippen molar-refractivity contribution >= 4 is 29.0 Å². The van der Waals surface area contributed by atoms with Gasteiger partial charge in [-0.2, -0.15) is 0 Å². The lowest BCUT2D eigenvalue weighted by Gasteiger charge is -2.59. The number of aromatic nitrogens is 1. The van der Waals surface area contributed by atoms with Crippen molar-refractivity contribution in [1.82, 2.24) is 9.88 Å². The summed E-state index contributed by atoms with van der Waals surface area (Å²) in [5.74, 6) is 4.11. The molecule has 1 aromatic rings. The summed E-state index contributed by atoms with van der Waals surface area (Å²) in [6.45, 7) is 4.57. The van der Waals surface area contributed by atoms with Gasteiger partial charge in [0.25, 0.3) is 0 Å². The summed E-state index contributed by atoms with van der Waals surface area (Å²) in [7, 11) is 0. The molecule has 2 aliphatic heterocycles. The zero-order valence-corrected chi connectivity index (χ0v) is 18.3. The van der Waals surface area contributed by atoms with Crippen LogP contribution in [0.25, 0.3) is 0 Å². The maximum Gasteiger partial charge on any atom is 0.228 e. The van der Waals surface area contributed by atoms with E-state index in [1.807, 2.05) is 18.7 Å². The molecule has 4 aliphatic carbocycles. The third-order valence-electron chi connectivity index (χ3n) is 8.05. The summed E-state index contributed by atoms with van der Waals surface area (Å²) in [5, 5.41) is 3.20. The van der Waals surface area contributed by atoms with E-state index in [2.05, 4.69) is 15.3 Å². The standard InChI is InChI=1S/C22H30N2O2S2/c1-14-23-18(10-27-14)9-26-19-8-22(28-11-19)12-24(13-22)20(25)21-5-15-2-16(6-21)4-17(3-15)7-21/h10,15-17,19H,2-9,11-13H2,1H3/t15?,16?,17?,19-,21?/m1/s1. The zero-order chi connectivity index (χ0) is 18.9. The van der Waals surface area contributed by atoms with E-state index >= 15 is 0 Å². The van der Waals surface area contributed by atoms with Crippen molar-refractivity contribution in [3.63, 3.8) is 0 Å². The molecule has 0 N–H and O–H groups in total. The molecule has 1 aromatic heterocycles. The molecule has 2 saturated heterocycles. The molecule has 28 heavy (non-hydrogen) atoms. The molecule has 1 amide bonds. The molecule has 0 aromatic carbocycles. The van der Waals surface area contributed by atoms with Gasteiger partial charge in [0.1, 0.15) is 0 Å². The summed E-state index contributed by atoms with van der Waals surface area (Å²) < 4.78 is 6.41. The Hall–Kier alpha value is -0.590. The number of hydrogen-bond acceptors (Lipinski definition) is 5. The molecule has 0 radical (unpaired) electrons. The van der Waals surface area contributed by atoms with Gasteiger partial charge in [0.15, 0.2) is 0 Å². The van der Waals surface area contributed by atoms with Crippen LogP contribution in [-0.2, 0) is 16.1 Å². The molecule has 4 nitrogen and oxygen atoms in total. The smallest absolute Gasteiger partial charge is 0.228 e. The van der Waals surface area contributed by atoms with Gasteiger partial charge in [-0.25, -0.2) is 4.98 Å². The molecule has 3 heterocycles. The Kier molecular flexibility index (Phi) is 4.19. The van der Waals surface area contributed by atoms with Gasteiger partial charge in [0.2, 0.25) is 5.91 Å². The Balaban J connectivity index is 1.05. The highest BCUT2D eigenvalue weighted by atomic mass is 32.2. The first-order valence-corrected chi connectivity index (χ1v) is 12.8. The van der Waals surface area contributed by atoms with E-state index < -0.39 is 0 Å². The van der Waals surface area contributed by atoms with E-state index in [1.165, 1.54) is 38.5 Å². The number of rotatable bonds is 4. The normalized spacial score (nSPS) is 40.2. The van der Waals surface area contributed by atoms with Gasteiger partial charge < -0.3 is 9.64 Å². The molecule has 7 rings (SSSR count). The van der Waals surface area contributed by atoms with Gasteiger partial charge in [-0.3, -0.25) is 4.79 Å². The van der Waals surface area contributed by atoms with Crippen LogP contribution in [0.5, 0.6) is 0 Å². The average molecular weight is 419 g/mol. The number of amides is 1. The minimum Gasteiger partial charge on any atom is -0.371 e. The van der Waals surface area contributed by atoms with Gasteiger partial charge in [-0.15, -0.1) is 23.1 Å². The van der Waals surface area contributed by atoms with Crippen LogP contribution in [0.1, 0.15) is 55.6 Å². The van der Waals surface area contributed by atoms with Crippen molar-refractivity contribution < 1.29 is 9.53 Å². The van der Waals surface area contributed by atoms with Crippen LogP contribution in [0.2, 0.25) is 0 Å². The Bertz CT molecular complexity index is 750. The summed E-state index contributed by atoms with van der Waals surface area (Å²) >= 11 is 3.73. The number of thioether (sulfide) groups is 1. The van der Waals surface area contributed by atoms with Crippen molar-refractivity contribution in [2.75, 3.05) is 18.8 Å². The Morgan fingerprint density at radius 2 is 1.86 bits per heavy atom. The predicted octanol–water partition coefficient (Wildman–Crippen LogP) is 4.27. The highest BCUT2D eigenvalue weighted by Gasteiger charge is 2.59. The maximum atomic E-state index is 13.5. The first-order valence-electron chi connectivity index (χ1n) is 11.0. The van der Waals surface area contributed by atoms with Gasteiger partial charge >= 0.3 is 0 Å². The van der Waals surface area contributed by atoms with Gasteiger partial charge in [-0.05, 0) is 69.6 Å². The Labute approximate surface area is 175 Å². The number of aryl methyl sites for hydroxylation is 1. The summed E-state index contributed by atoms with van der Waals surface area (Å²) in [4.78, 5) is 20.2. The number of ether oxygens (including phenoxy) is 1. The molecule has 1 spiro atoms. The molecule has 4 saturated carbocycles. The van der Waals surface area contributed by atoms with Crippen LogP contribution >= 0.6 is 23.1 Å². The van der Waals surface area contributed by atoms with Crippen LogP contribution in [0.4, 0.5) is 0 Å². The number of carbonyl (C=O) groups excluding carboxylic acids is 1. The van der Waals surface area contributed by atoms with E-state index in [0.29, 0.717) is 18.6 Å². The second-order valence-corrected chi connectivity index (χ2v) is 12.9. The number of thiazole rings is 1. The number of hydrogen-bond donors (Lipinski definition) is 0. The second kappa shape index (κ2) is 6.45. The Morgan fingerprint density at radius 1 is 1.18 bits per heavy atom. The molecular formula is C22H30N2O2S2. The first kappa shape index (κ1) is 18.2. The second-order valence-electron chi connectivity index (χ2n) is 10.3. The van der Waals surface area contributed by atoms with Gasteiger partial charge in [0.05, 0.1) is 33.6 Å². The fourth-order valence-corrected chi connectivity index (χ4v) is 9.46. The fourth-order valence-electron chi connectivity index (χ4n) is 7.31. The number of nitrogens with zero attached hydrogens (tertiary/aromatic N) is 2.